The lowest BCUT2D eigenvalue weighted by Gasteiger charge is -2.39. The Balaban J connectivity index is 0.596. The second-order valence-electron chi connectivity index (χ2n) is 27.3. The van der Waals surface area contributed by atoms with Gasteiger partial charge in [-0.3, -0.25) is 58.2 Å². The topological polar surface area (TPSA) is 259 Å². The monoisotopic (exact) mass is 1520 g/mol. The van der Waals surface area contributed by atoms with Crippen LogP contribution < -0.4 is 25.6 Å². The van der Waals surface area contributed by atoms with Crippen LogP contribution in [0.25, 0.3) is 5.57 Å². The maximum atomic E-state index is 14.7. The summed E-state index contributed by atoms with van der Waals surface area (Å²) in [6, 6.07) is 32.2. The Bertz CT molecular complexity index is 4250. The number of ether oxygens (including phenoxy) is 3. The Labute approximate surface area is 622 Å². The molecule has 0 bridgehead atoms. The molecule has 5 aromatic carbocycles. The van der Waals surface area contributed by atoms with E-state index in [1.807, 2.05) is 59.5 Å². The number of hydrogen-bond donors (Lipinski definition) is 4. The number of nitrogens with one attached hydrogen (secondary N) is 4. The number of imide groups is 2. The van der Waals surface area contributed by atoms with Gasteiger partial charge >= 0.3 is 5.51 Å². The van der Waals surface area contributed by atoms with Crippen LogP contribution in [0, 0.1) is 5.41 Å². The van der Waals surface area contributed by atoms with Crippen LogP contribution in [0.2, 0.25) is 5.02 Å². The highest BCUT2D eigenvalue weighted by Crippen LogP contribution is 2.44. The standard InChI is InChI=1S/C75H90ClF3N12O11S3/c1-4-104(84-70(94)53-17-21-58(22-18-53)88-37-35-87(36-38-88)48-54-47-74(2,3)29-27-61(54)52-15-19-55(76)20-16-52)60-23-24-63(66(46-60)105(98,99)75(77,78)79)81-56(51-103-59-10-6-5-7-11-59)28-32-86-33-39-89(40-34-86)68(93)14-9-31-90-49-57(83-85-90)50-102-45-44-101-43-42-100-41-30-80-64-13-8-12-62-69(64)73(97)91(72(62)96)65-25-26-67(92)82-71(65)95/h4-8,10-13,15-24,46,49,56,65,80-81H,9,14,25-45,47-48,50-51H2,1-3H3,(H,84,94)(H,82,92,95)/t56-,65?,104?/m1/s1. The van der Waals surface area contributed by atoms with E-state index < -0.39 is 72.5 Å². The minimum absolute atomic E-state index is 0.00429. The van der Waals surface area contributed by atoms with Gasteiger partial charge in [-0.2, -0.15) is 13.2 Å². The molecule has 0 radical (unpaired) electrons. The average Bonchev–Trinajstić information content (AvgIpc) is 1.52. The van der Waals surface area contributed by atoms with Crippen LogP contribution >= 0.6 is 34.0 Å². The lowest BCUT2D eigenvalue weighted by molar-refractivity contribution is -0.136. The summed E-state index contributed by atoms with van der Waals surface area (Å²) in [7, 11) is -7.20. The number of sulfone groups is 1. The Morgan fingerprint density at radius 2 is 1.52 bits per heavy atom. The fraction of sp³-hybridized carbons (Fsp3) is 0.453. The van der Waals surface area contributed by atoms with Crippen LogP contribution in [0.3, 0.4) is 0 Å². The van der Waals surface area contributed by atoms with Crippen molar-refractivity contribution in [2.24, 2.45) is 5.41 Å². The van der Waals surface area contributed by atoms with E-state index in [-0.39, 0.29) is 59.1 Å². The maximum Gasteiger partial charge on any atom is 0.501 e. The Hall–Kier alpha value is -8.00. The zero-order valence-corrected chi connectivity index (χ0v) is 62.4. The maximum absolute atomic E-state index is 14.7. The highest BCUT2D eigenvalue weighted by atomic mass is 35.5. The van der Waals surface area contributed by atoms with E-state index in [0.29, 0.717) is 114 Å². The largest absolute Gasteiger partial charge is 0.501 e. The number of anilines is 3. The van der Waals surface area contributed by atoms with Crippen molar-refractivity contribution in [3.8, 4) is 0 Å². The first-order valence-corrected chi connectivity index (χ1v) is 39.6. The van der Waals surface area contributed by atoms with Crippen LogP contribution in [-0.2, 0) is 51.6 Å². The van der Waals surface area contributed by atoms with E-state index in [0.717, 1.165) is 78.6 Å². The summed E-state index contributed by atoms with van der Waals surface area (Å²) in [6.07, 6.45) is 6.33. The number of carbonyl (C=O) groups is 6. The van der Waals surface area contributed by atoms with Crippen LogP contribution in [0.15, 0.2) is 142 Å². The number of fused-ring (bicyclic) bond motifs is 1. The van der Waals surface area contributed by atoms with Crippen molar-refractivity contribution in [3.05, 3.63) is 160 Å². The van der Waals surface area contributed by atoms with E-state index >= 15 is 0 Å². The fourth-order valence-corrected chi connectivity index (χ4v) is 17.1. The van der Waals surface area contributed by atoms with Crippen LogP contribution in [-0.4, -0.2) is 212 Å². The molecule has 5 heterocycles. The SMILES string of the molecule is C/C=S(/NC(=O)c1ccc(N2CCN(CC3=C(c4ccc(Cl)cc4)CCC(C)(C)C3)CC2)cc1)c1ccc(N[C@H](CCN2CCN(C(=O)CCCn3cc(COCCOCCOCCNc4cccc5c4C(=O)N(C4CCC(=O)NC4=O)C5=O)nn3)CC2)CSc2ccccc2)c(S(=O)(=O)C(F)(F)F)c1. The first-order valence-electron chi connectivity index (χ1n) is 35.5. The van der Waals surface area contributed by atoms with Crippen molar-refractivity contribution in [1.82, 2.24) is 44.6 Å². The molecule has 11 rings (SSSR count). The molecule has 4 N–H and O–H groups in total. The molecule has 2 unspecified atom stereocenters. The molecular weight excluding hydrogens is 1430 g/mol. The van der Waals surface area contributed by atoms with Gasteiger partial charge in [0.05, 0.1) is 62.7 Å². The van der Waals surface area contributed by atoms with Gasteiger partial charge in [-0.05, 0) is 146 Å². The van der Waals surface area contributed by atoms with Crippen LogP contribution in [0.5, 0.6) is 0 Å². The summed E-state index contributed by atoms with van der Waals surface area (Å²) in [6.45, 7) is 15.7. The Kier molecular flexibility index (Phi) is 26.8. The molecule has 0 saturated carbocycles. The highest BCUT2D eigenvalue weighted by molar-refractivity contribution is 8.13. The number of thioether (sulfide) groups is 1. The first kappa shape index (κ1) is 78.1. The normalized spacial score (nSPS) is 18.2. The molecule has 5 aliphatic rings. The first-order chi connectivity index (χ1) is 50.5. The molecule has 105 heavy (non-hydrogen) atoms. The van der Waals surface area contributed by atoms with Gasteiger partial charge in [0.25, 0.3) is 27.6 Å². The number of benzene rings is 5. The predicted octanol–water partition coefficient (Wildman–Crippen LogP) is 10.5. The van der Waals surface area contributed by atoms with Gasteiger partial charge in [-0.25, -0.2) is 8.42 Å². The highest BCUT2D eigenvalue weighted by Gasteiger charge is 2.49. The summed E-state index contributed by atoms with van der Waals surface area (Å²) >= 11 is 7.74. The van der Waals surface area contributed by atoms with E-state index in [1.54, 1.807) is 53.5 Å². The Morgan fingerprint density at radius 3 is 2.24 bits per heavy atom. The van der Waals surface area contributed by atoms with Gasteiger partial charge < -0.3 is 34.6 Å². The molecule has 30 heteroatoms. The van der Waals surface area contributed by atoms with E-state index in [2.05, 4.69) is 71.7 Å². The van der Waals surface area contributed by atoms with Gasteiger partial charge in [0.2, 0.25) is 17.7 Å². The minimum Gasteiger partial charge on any atom is -0.382 e. The number of aromatic nitrogens is 3. The molecule has 6 aromatic rings. The second-order valence-corrected chi connectivity index (χ2v) is 32.5. The third-order valence-corrected chi connectivity index (χ3v) is 23.9. The van der Waals surface area contributed by atoms with Gasteiger partial charge in [0.1, 0.15) is 16.6 Å². The molecule has 3 saturated heterocycles. The Morgan fingerprint density at radius 1 is 0.810 bits per heavy atom. The third kappa shape index (κ3) is 20.6. The number of aryl methyl sites for hydroxylation is 1. The van der Waals surface area contributed by atoms with Crippen LogP contribution in [0.1, 0.15) is 114 Å². The number of piperidine rings is 1. The van der Waals surface area contributed by atoms with Crippen molar-refractivity contribution in [1.29, 1.82) is 0 Å². The van der Waals surface area contributed by atoms with Crippen LogP contribution in [0.4, 0.5) is 30.2 Å². The number of alkyl halides is 3. The summed E-state index contributed by atoms with van der Waals surface area (Å²) in [5.74, 6) is -2.36. The number of carbonyl (C=O) groups excluding carboxylic acids is 6. The predicted molar refractivity (Wildman–Crippen MR) is 400 cm³/mol. The summed E-state index contributed by atoms with van der Waals surface area (Å²) in [5, 5.41) is 19.3. The molecular formula is C75H90ClF3N12O11S3. The zero-order chi connectivity index (χ0) is 74.3. The van der Waals surface area contributed by atoms with E-state index in [1.165, 1.54) is 40.6 Å². The lowest BCUT2D eigenvalue weighted by Crippen LogP contribution is -2.54. The zero-order valence-electron chi connectivity index (χ0n) is 59.2. The number of nitrogens with zero attached hydrogens (tertiary/aromatic N) is 8. The molecule has 0 spiro atoms. The van der Waals surface area contributed by atoms with Crippen molar-refractivity contribution >= 4 is 107 Å². The number of allylic oxidation sites excluding steroid dienone is 1. The number of amides is 6. The number of rotatable bonds is 33. The van der Waals surface area contributed by atoms with E-state index in [4.69, 9.17) is 25.8 Å². The smallest absolute Gasteiger partial charge is 0.382 e. The minimum atomic E-state index is -5.90. The van der Waals surface area contributed by atoms with Crippen molar-refractivity contribution in [3.63, 3.8) is 0 Å². The molecule has 3 fully saturated rings. The van der Waals surface area contributed by atoms with Gasteiger partial charge in [-0.1, -0.05) is 83.3 Å². The number of piperazine rings is 2. The van der Waals surface area contributed by atoms with E-state index in [9.17, 15) is 50.4 Å². The van der Waals surface area contributed by atoms with Crippen molar-refractivity contribution in [2.75, 3.05) is 126 Å². The average molecular weight is 1520 g/mol. The molecule has 3 atom stereocenters. The lowest BCUT2D eigenvalue weighted by atomic mass is 9.73. The molecule has 4 aliphatic heterocycles. The van der Waals surface area contributed by atoms with Gasteiger partial charge in [0, 0.05) is 135 Å². The quantitative estimate of drug-likeness (QED) is 0.0129. The second kappa shape index (κ2) is 36.1. The summed E-state index contributed by atoms with van der Waals surface area (Å²) < 4.78 is 92.8. The third-order valence-electron chi connectivity index (χ3n) is 19.3. The molecule has 1 aliphatic carbocycles. The molecule has 562 valence electrons. The molecule has 23 nitrogen and oxygen atoms in total. The van der Waals surface area contributed by atoms with Gasteiger partial charge in [0.15, 0.2) is 0 Å². The van der Waals surface area contributed by atoms with Crippen molar-refractivity contribution in [2.45, 2.75) is 118 Å². The molecule has 6 amide bonds. The van der Waals surface area contributed by atoms with Gasteiger partial charge in [-0.15, -0.1) is 16.9 Å². The number of halogens is 4. The summed E-state index contributed by atoms with van der Waals surface area (Å²) in [5.41, 5.74) is 1.26. The van der Waals surface area contributed by atoms with Crippen molar-refractivity contribution < 1.29 is 64.6 Å². The summed E-state index contributed by atoms with van der Waals surface area (Å²) in [4.78, 5) is 87.8. The molecule has 1 aromatic heterocycles. The fourth-order valence-electron chi connectivity index (χ4n) is 13.6. The number of hydrogen-bond acceptors (Lipinski definition) is 19.